The van der Waals surface area contributed by atoms with Gasteiger partial charge in [0, 0.05) is 12.1 Å². The molecule has 0 aromatic carbocycles. The van der Waals surface area contributed by atoms with Crippen LogP contribution in [0.2, 0.25) is 0 Å². The average Bonchev–Trinajstić information content (AvgIpc) is 2.10. The summed E-state index contributed by atoms with van der Waals surface area (Å²) in [4.78, 5) is 2.43. The highest BCUT2D eigenvalue weighted by Crippen LogP contribution is 2.00. The highest BCUT2D eigenvalue weighted by molar-refractivity contribution is 4.62. The van der Waals surface area contributed by atoms with Crippen molar-refractivity contribution < 1.29 is 0 Å². The van der Waals surface area contributed by atoms with Crippen molar-refractivity contribution in [1.82, 2.24) is 10.2 Å². The fourth-order valence-corrected chi connectivity index (χ4v) is 1.25. The molecule has 0 bridgehead atoms. The van der Waals surface area contributed by atoms with Gasteiger partial charge >= 0.3 is 0 Å². The first-order chi connectivity index (χ1) is 6.07. The van der Waals surface area contributed by atoms with Crippen LogP contribution < -0.4 is 5.32 Å². The fraction of sp³-hybridized carbons (Fsp3) is 1.00. The van der Waals surface area contributed by atoms with Gasteiger partial charge in [-0.2, -0.15) is 0 Å². The minimum absolute atomic E-state index is 0.619. The van der Waals surface area contributed by atoms with E-state index in [1.165, 1.54) is 19.4 Å². The number of nitrogens with one attached hydrogen (secondary N) is 1. The maximum atomic E-state index is 3.43. The van der Waals surface area contributed by atoms with Crippen LogP contribution in [0.15, 0.2) is 0 Å². The molecule has 1 N–H and O–H groups in total. The van der Waals surface area contributed by atoms with Crippen LogP contribution in [0.1, 0.15) is 40.5 Å². The Bertz CT molecular complexity index is 113. The molecule has 13 heavy (non-hydrogen) atoms. The Morgan fingerprint density at radius 1 is 1.23 bits per heavy atom. The van der Waals surface area contributed by atoms with Gasteiger partial charge in [-0.15, -0.1) is 0 Å². The first kappa shape index (κ1) is 12.9. The predicted octanol–water partition coefficient (Wildman–Crippen LogP) is 2.10. The predicted molar refractivity (Wildman–Crippen MR) is 60.1 cm³/mol. The Morgan fingerprint density at radius 2 is 1.85 bits per heavy atom. The number of hydrogen-bond acceptors (Lipinski definition) is 2. The highest BCUT2D eigenvalue weighted by Gasteiger charge is 2.05. The molecule has 0 aliphatic heterocycles. The fourth-order valence-electron chi connectivity index (χ4n) is 1.25. The van der Waals surface area contributed by atoms with E-state index in [4.69, 9.17) is 0 Å². The van der Waals surface area contributed by atoms with Crippen LogP contribution in [0.3, 0.4) is 0 Å². The molecular weight excluding hydrogens is 160 g/mol. The van der Waals surface area contributed by atoms with Gasteiger partial charge in [-0.25, -0.2) is 0 Å². The van der Waals surface area contributed by atoms with Crippen LogP contribution in [0.5, 0.6) is 0 Å². The van der Waals surface area contributed by atoms with Crippen molar-refractivity contribution in [2.24, 2.45) is 0 Å². The lowest BCUT2D eigenvalue weighted by Gasteiger charge is -2.23. The van der Waals surface area contributed by atoms with Crippen LogP contribution in [-0.2, 0) is 0 Å². The number of hydrogen-bond donors (Lipinski definition) is 1. The first-order valence-electron chi connectivity index (χ1n) is 5.51. The SMILES string of the molecule is CCC(C)N(C)CCCNC(C)C. The summed E-state index contributed by atoms with van der Waals surface area (Å²) in [6.45, 7) is 11.3. The van der Waals surface area contributed by atoms with Crippen LogP contribution in [0.25, 0.3) is 0 Å². The molecular formula is C11H26N2. The minimum atomic E-state index is 0.619. The highest BCUT2D eigenvalue weighted by atomic mass is 15.1. The molecule has 0 spiro atoms. The van der Waals surface area contributed by atoms with Gasteiger partial charge in [-0.3, -0.25) is 0 Å². The molecule has 0 aliphatic carbocycles. The molecule has 1 atom stereocenters. The van der Waals surface area contributed by atoms with E-state index < -0.39 is 0 Å². The standard InChI is InChI=1S/C11H26N2/c1-6-11(4)13(5)9-7-8-12-10(2)3/h10-12H,6-9H2,1-5H3. The number of nitrogens with zero attached hydrogens (tertiary/aromatic N) is 1. The van der Waals surface area contributed by atoms with Crippen molar-refractivity contribution in [2.75, 3.05) is 20.1 Å². The zero-order valence-electron chi connectivity index (χ0n) is 9.93. The molecule has 0 radical (unpaired) electrons. The summed E-state index contributed by atoms with van der Waals surface area (Å²) in [5.41, 5.74) is 0. The smallest absolute Gasteiger partial charge is 0.00612 e. The van der Waals surface area contributed by atoms with E-state index in [1.54, 1.807) is 0 Å². The molecule has 80 valence electrons. The molecule has 0 saturated heterocycles. The maximum Gasteiger partial charge on any atom is 0.00612 e. The molecule has 0 aromatic heterocycles. The second kappa shape index (κ2) is 7.34. The van der Waals surface area contributed by atoms with Gasteiger partial charge in [0.25, 0.3) is 0 Å². The van der Waals surface area contributed by atoms with Gasteiger partial charge in [0.05, 0.1) is 0 Å². The molecule has 1 unspecified atom stereocenters. The Kier molecular flexibility index (Phi) is 7.29. The lowest BCUT2D eigenvalue weighted by Crippen LogP contribution is -2.32. The zero-order chi connectivity index (χ0) is 10.3. The zero-order valence-corrected chi connectivity index (χ0v) is 9.93. The molecule has 0 aliphatic rings. The molecule has 0 rings (SSSR count). The Hall–Kier alpha value is -0.0800. The van der Waals surface area contributed by atoms with Gasteiger partial charge in [-0.05, 0) is 39.9 Å². The average molecular weight is 186 g/mol. The second-order valence-electron chi connectivity index (χ2n) is 4.20. The van der Waals surface area contributed by atoms with E-state index in [-0.39, 0.29) is 0 Å². The van der Waals surface area contributed by atoms with Gasteiger partial charge in [0.15, 0.2) is 0 Å². The van der Waals surface area contributed by atoms with Crippen molar-refractivity contribution >= 4 is 0 Å². The molecule has 0 amide bonds. The summed E-state index contributed by atoms with van der Waals surface area (Å²) >= 11 is 0. The molecule has 0 aromatic rings. The third kappa shape index (κ3) is 7.03. The van der Waals surface area contributed by atoms with Crippen molar-refractivity contribution in [3.63, 3.8) is 0 Å². The minimum Gasteiger partial charge on any atom is -0.314 e. The Labute approximate surface area is 83.7 Å². The van der Waals surface area contributed by atoms with E-state index in [9.17, 15) is 0 Å². The van der Waals surface area contributed by atoms with E-state index in [2.05, 4.69) is 45.0 Å². The lowest BCUT2D eigenvalue weighted by atomic mass is 10.2. The summed E-state index contributed by atoms with van der Waals surface area (Å²) in [6.07, 6.45) is 2.49. The second-order valence-corrected chi connectivity index (χ2v) is 4.20. The third-order valence-corrected chi connectivity index (χ3v) is 2.58. The van der Waals surface area contributed by atoms with Crippen LogP contribution in [0.4, 0.5) is 0 Å². The maximum absolute atomic E-state index is 3.43. The monoisotopic (exact) mass is 186 g/mol. The Morgan fingerprint density at radius 3 is 2.31 bits per heavy atom. The van der Waals surface area contributed by atoms with E-state index in [1.807, 2.05) is 0 Å². The van der Waals surface area contributed by atoms with Crippen molar-refractivity contribution in [2.45, 2.75) is 52.6 Å². The van der Waals surface area contributed by atoms with Crippen molar-refractivity contribution in [3.8, 4) is 0 Å². The van der Waals surface area contributed by atoms with E-state index in [0.29, 0.717) is 6.04 Å². The quantitative estimate of drug-likeness (QED) is 0.613. The van der Waals surface area contributed by atoms with E-state index in [0.717, 1.165) is 12.6 Å². The molecule has 0 saturated carbocycles. The van der Waals surface area contributed by atoms with Crippen molar-refractivity contribution in [3.05, 3.63) is 0 Å². The molecule has 2 nitrogen and oxygen atoms in total. The summed E-state index contributed by atoms with van der Waals surface area (Å²) in [5, 5.41) is 3.43. The number of rotatable bonds is 7. The molecule has 2 heteroatoms. The normalized spacial score (nSPS) is 14.1. The van der Waals surface area contributed by atoms with Gasteiger partial charge in [-0.1, -0.05) is 20.8 Å². The molecule has 0 heterocycles. The van der Waals surface area contributed by atoms with Crippen LogP contribution in [0, 0.1) is 0 Å². The Balaban J connectivity index is 3.31. The largest absolute Gasteiger partial charge is 0.314 e. The van der Waals surface area contributed by atoms with Gasteiger partial charge in [0.1, 0.15) is 0 Å². The van der Waals surface area contributed by atoms with E-state index >= 15 is 0 Å². The lowest BCUT2D eigenvalue weighted by molar-refractivity contribution is 0.247. The third-order valence-electron chi connectivity index (χ3n) is 2.58. The van der Waals surface area contributed by atoms with Crippen LogP contribution in [-0.4, -0.2) is 37.1 Å². The van der Waals surface area contributed by atoms with Crippen molar-refractivity contribution in [1.29, 1.82) is 0 Å². The summed E-state index contributed by atoms with van der Waals surface area (Å²) < 4.78 is 0. The first-order valence-corrected chi connectivity index (χ1v) is 5.51. The summed E-state index contributed by atoms with van der Waals surface area (Å²) in [6, 6.07) is 1.34. The molecule has 0 fully saturated rings. The topological polar surface area (TPSA) is 15.3 Å². The summed E-state index contributed by atoms with van der Waals surface area (Å²) in [7, 11) is 2.21. The van der Waals surface area contributed by atoms with Gasteiger partial charge < -0.3 is 10.2 Å². The van der Waals surface area contributed by atoms with Crippen LogP contribution >= 0.6 is 0 Å². The summed E-state index contributed by atoms with van der Waals surface area (Å²) in [5.74, 6) is 0. The van der Waals surface area contributed by atoms with Gasteiger partial charge in [0.2, 0.25) is 0 Å².